The number of nitrogens with two attached hydrogens (primary N) is 1. The number of furan rings is 1. The molecule has 0 spiro atoms. The molecule has 0 amide bonds. The van der Waals surface area contributed by atoms with E-state index in [2.05, 4.69) is 0 Å². The zero-order valence-electron chi connectivity index (χ0n) is 18.1. The number of hydrogen-bond acceptors (Lipinski definition) is 4. The number of aliphatic carboxylic acids is 1. The zero-order valence-corrected chi connectivity index (χ0v) is 18.1. The first-order valence-corrected chi connectivity index (χ1v) is 10.5. The molecule has 3 N–H and O–H groups in total. The van der Waals surface area contributed by atoms with Gasteiger partial charge < -0.3 is 20.0 Å². The maximum absolute atomic E-state index is 14.6. The third-order valence-electron chi connectivity index (χ3n) is 4.96. The van der Waals surface area contributed by atoms with E-state index >= 15 is 0 Å². The summed E-state index contributed by atoms with van der Waals surface area (Å²) < 4.78 is 26.2. The lowest BCUT2D eigenvalue weighted by atomic mass is 10.0. The Kier molecular flexibility index (Phi) is 7.63. The highest BCUT2D eigenvalue weighted by Gasteiger charge is 2.13. The zero-order chi connectivity index (χ0) is 23.1. The van der Waals surface area contributed by atoms with Gasteiger partial charge in [-0.15, -0.1) is 0 Å². The minimum Gasteiger partial charge on any atom is -0.488 e. The van der Waals surface area contributed by atoms with E-state index < -0.39 is 5.97 Å². The van der Waals surface area contributed by atoms with E-state index in [1.165, 1.54) is 0 Å². The first-order valence-electron chi connectivity index (χ1n) is 10.5. The molecule has 1 heterocycles. The van der Waals surface area contributed by atoms with Crippen LogP contribution in [-0.2, 0) is 24.4 Å². The van der Waals surface area contributed by atoms with E-state index in [1.54, 1.807) is 54.8 Å². The summed E-state index contributed by atoms with van der Waals surface area (Å²) in [5.74, 6) is -0.727. The number of para-hydroxylation sites is 1. The summed E-state index contributed by atoms with van der Waals surface area (Å²) in [4.78, 5) is 11.0. The maximum atomic E-state index is 14.6. The van der Waals surface area contributed by atoms with E-state index in [4.69, 9.17) is 20.0 Å². The molecule has 4 rings (SSSR count). The van der Waals surface area contributed by atoms with E-state index in [-0.39, 0.29) is 25.4 Å². The third-order valence-corrected chi connectivity index (χ3v) is 4.96. The van der Waals surface area contributed by atoms with E-state index in [9.17, 15) is 9.18 Å². The van der Waals surface area contributed by atoms with Crippen LogP contribution in [0.4, 0.5) is 4.39 Å². The fourth-order valence-electron chi connectivity index (χ4n) is 3.43. The van der Waals surface area contributed by atoms with Crippen molar-refractivity contribution in [1.29, 1.82) is 0 Å². The van der Waals surface area contributed by atoms with Gasteiger partial charge in [0, 0.05) is 34.2 Å². The van der Waals surface area contributed by atoms with Gasteiger partial charge in [0.25, 0.3) is 0 Å². The second kappa shape index (κ2) is 10.6. The van der Waals surface area contributed by atoms with Crippen molar-refractivity contribution in [3.63, 3.8) is 0 Å². The monoisotopic (exact) mass is 435 g/mol. The lowest BCUT2D eigenvalue weighted by Gasteiger charge is -2.10. The molecule has 5 nitrogen and oxygen atoms in total. The second-order valence-electron chi connectivity index (χ2n) is 6.92. The largest absolute Gasteiger partial charge is 0.488 e. The summed E-state index contributed by atoms with van der Waals surface area (Å²) in [6.45, 7) is 4.35. The summed E-state index contributed by atoms with van der Waals surface area (Å²) in [5.41, 5.74) is 9.27. The molecule has 0 aliphatic carbocycles. The number of fused-ring (bicyclic) bond motifs is 1. The van der Waals surface area contributed by atoms with Gasteiger partial charge in [0.2, 0.25) is 0 Å². The standard InChI is InChI=1S/C24H20FNO4.C2H6/c25-24-17(12-26)5-3-6-20(24)15-8-9-19-18(14-30-22(19)10-15)13-29-21-7-2-1-4-16(21)11-23(27)28;1-2/h1-10,14H,11-13,26H2,(H,27,28);1-2H3. The lowest BCUT2D eigenvalue weighted by Crippen LogP contribution is -2.03. The van der Waals surface area contributed by atoms with Crippen LogP contribution in [0.2, 0.25) is 0 Å². The molecule has 0 saturated carbocycles. The molecule has 6 heteroatoms. The molecule has 0 aliphatic heterocycles. The Hall–Kier alpha value is -3.64. The van der Waals surface area contributed by atoms with E-state index in [1.807, 2.05) is 26.0 Å². The fraction of sp³-hybridized carbons (Fsp3) is 0.192. The number of rotatable bonds is 7. The van der Waals surface area contributed by atoms with Gasteiger partial charge in [-0.05, 0) is 17.7 Å². The molecule has 32 heavy (non-hydrogen) atoms. The van der Waals surface area contributed by atoms with Crippen molar-refractivity contribution in [2.75, 3.05) is 0 Å². The van der Waals surface area contributed by atoms with Crippen LogP contribution in [0.15, 0.2) is 71.3 Å². The Morgan fingerprint density at radius 1 is 1.03 bits per heavy atom. The first kappa shape index (κ1) is 23.0. The molecule has 0 fully saturated rings. The molecule has 0 radical (unpaired) electrons. The topological polar surface area (TPSA) is 85.7 Å². The molecule has 0 atom stereocenters. The van der Waals surface area contributed by atoms with Gasteiger partial charge in [0.1, 0.15) is 23.8 Å². The average molecular weight is 435 g/mol. The molecule has 3 aromatic carbocycles. The lowest BCUT2D eigenvalue weighted by molar-refractivity contribution is -0.136. The van der Waals surface area contributed by atoms with E-state index in [0.29, 0.717) is 33.6 Å². The predicted octanol–water partition coefficient (Wildman–Crippen LogP) is 5.93. The first-order chi connectivity index (χ1) is 15.6. The van der Waals surface area contributed by atoms with Crippen LogP contribution in [0.25, 0.3) is 22.1 Å². The van der Waals surface area contributed by atoms with Crippen molar-refractivity contribution in [3.05, 3.63) is 89.4 Å². The Bertz CT molecular complexity index is 1220. The van der Waals surface area contributed by atoms with Crippen LogP contribution in [0.1, 0.15) is 30.5 Å². The van der Waals surface area contributed by atoms with Gasteiger partial charge in [-0.1, -0.05) is 62.4 Å². The van der Waals surface area contributed by atoms with Crippen molar-refractivity contribution in [2.24, 2.45) is 5.73 Å². The van der Waals surface area contributed by atoms with Gasteiger partial charge in [-0.3, -0.25) is 4.79 Å². The van der Waals surface area contributed by atoms with Crippen molar-refractivity contribution in [1.82, 2.24) is 0 Å². The summed E-state index contributed by atoms with van der Waals surface area (Å²) in [7, 11) is 0. The highest BCUT2D eigenvalue weighted by Crippen LogP contribution is 2.31. The van der Waals surface area contributed by atoms with Gasteiger partial charge in [-0.2, -0.15) is 0 Å². The predicted molar refractivity (Wildman–Crippen MR) is 123 cm³/mol. The smallest absolute Gasteiger partial charge is 0.307 e. The number of hydrogen-bond donors (Lipinski definition) is 2. The molecular formula is C26H26FNO4. The average Bonchev–Trinajstić information content (AvgIpc) is 3.22. The number of benzene rings is 3. The number of carboxylic acid groups (broad SMARTS) is 1. The minimum atomic E-state index is -0.918. The van der Waals surface area contributed by atoms with Crippen LogP contribution in [-0.4, -0.2) is 11.1 Å². The van der Waals surface area contributed by atoms with E-state index in [0.717, 1.165) is 10.9 Å². The fourth-order valence-corrected chi connectivity index (χ4v) is 3.43. The van der Waals surface area contributed by atoms with Crippen LogP contribution < -0.4 is 10.5 Å². The Morgan fingerprint density at radius 2 is 1.78 bits per heavy atom. The quantitative estimate of drug-likeness (QED) is 0.376. The number of carboxylic acids is 1. The van der Waals surface area contributed by atoms with Gasteiger partial charge >= 0.3 is 5.97 Å². The van der Waals surface area contributed by atoms with Gasteiger partial charge in [0.05, 0.1) is 12.7 Å². The molecule has 1 aromatic heterocycles. The molecule has 4 aromatic rings. The van der Waals surface area contributed by atoms with Crippen LogP contribution in [0.3, 0.4) is 0 Å². The van der Waals surface area contributed by atoms with Crippen molar-refractivity contribution in [3.8, 4) is 16.9 Å². The van der Waals surface area contributed by atoms with Crippen molar-refractivity contribution in [2.45, 2.75) is 33.4 Å². The van der Waals surface area contributed by atoms with Crippen LogP contribution >= 0.6 is 0 Å². The number of ether oxygens (including phenoxy) is 1. The van der Waals surface area contributed by atoms with Crippen molar-refractivity contribution < 1.29 is 23.4 Å². The molecule has 0 saturated heterocycles. The minimum absolute atomic E-state index is 0.112. The summed E-state index contributed by atoms with van der Waals surface area (Å²) >= 11 is 0. The second-order valence-corrected chi connectivity index (χ2v) is 6.92. The van der Waals surface area contributed by atoms with Gasteiger partial charge in [0.15, 0.2) is 0 Å². The Labute approximate surface area is 186 Å². The molecule has 0 aliphatic rings. The van der Waals surface area contributed by atoms with Crippen molar-refractivity contribution >= 4 is 16.9 Å². The molecular weight excluding hydrogens is 409 g/mol. The molecule has 166 valence electrons. The summed E-state index contributed by atoms with van der Waals surface area (Å²) in [5, 5.41) is 9.90. The highest BCUT2D eigenvalue weighted by atomic mass is 19.1. The van der Waals surface area contributed by atoms with Crippen LogP contribution in [0, 0.1) is 5.82 Å². The number of carbonyl (C=O) groups is 1. The highest BCUT2D eigenvalue weighted by molar-refractivity contribution is 5.86. The molecule has 0 unspecified atom stereocenters. The summed E-state index contributed by atoms with van der Waals surface area (Å²) in [6, 6.07) is 17.7. The van der Waals surface area contributed by atoms with Gasteiger partial charge in [-0.25, -0.2) is 4.39 Å². The van der Waals surface area contributed by atoms with Crippen LogP contribution in [0.5, 0.6) is 5.75 Å². The summed E-state index contributed by atoms with van der Waals surface area (Å²) in [6.07, 6.45) is 1.49. The third kappa shape index (κ3) is 4.98. The normalized spacial score (nSPS) is 10.5. The maximum Gasteiger partial charge on any atom is 0.307 e. The Balaban J connectivity index is 0.00000141. The number of halogens is 1. The molecule has 0 bridgehead atoms. The SMILES string of the molecule is CC.NCc1cccc(-c2ccc3c(COc4ccccc4CC(=O)O)coc3c2)c1F. The Morgan fingerprint density at radius 3 is 2.53 bits per heavy atom.